The zero-order valence-corrected chi connectivity index (χ0v) is 13.3. The van der Waals surface area contributed by atoms with Crippen molar-refractivity contribution in [3.8, 4) is 0 Å². The third-order valence-corrected chi connectivity index (χ3v) is 3.55. The van der Waals surface area contributed by atoms with Gasteiger partial charge in [0.15, 0.2) is 5.65 Å². The average molecular weight is 303 g/mol. The molecule has 0 N–H and O–H groups in total. The summed E-state index contributed by atoms with van der Waals surface area (Å²) in [6, 6.07) is 2.12. The maximum atomic E-state index is 6.06. The normalized spacial score (nSPS) is 10.6. The molecule has 2 rings (SSSR count). The predicted octanol–water partition coefficient (Wildman–Crippen LogP) is 3.28. The molecule has 0 aromatic carbocycles. The topological polar surface area (TPSA) is 34.0 Å². The van der Waals surface area contributed by atoms with Crippen LogP contribution in [0.5, 0.6) is 0 Å². The zero-order chi connectivity index (χ0) is 13.3. The standard InChI is InChI=1S/C13H19ClN4.ClH/c1-5-18(6-2)12-10(8-14)7-11-9(3)16-17(4)13(11)15-12;/h7H,5-6,8H2,1-4H3;1H. The summed E-state index contributed by atoms with van der Waals surface area (Å²) in [5.74, 6) is 1.45. The Balaban J connectivity index is 0.00000180. The van der Waals surface area contributed by atoms with Crippen molar-refractivity contribution < 1.29 is 0 Å². The highest BCUT2D eigenvalue weighted by Gasteiger charge is 2.15. The molecule has 4 nitrogen and oxygen atoms in total. The van der Waals surface area contributed by atoms with Gasteiger partial charge in [0.05, 0.1) is 11.6 Å². The minimum absolute atomic E-state index is 0. The second-order valence-electron chi connectivity index (χ2n) is 4.36. The second-order valence-corrected chi connectivity index (χ2v) is 4.62. The van der Waals surface area contributed by atoms with Crippen LogP contribution < -0.4 is 4.90 Å². The lowest BCUT2D eigenvalue weighted by atomic mass is 10.2. The molecule has 2 heterocycles. The monoisotopic (exact) mass is 302 g/mol. The van der Waals surface area contributed by atoms with Gasteiger partial charge in [0.2, 0.25) is 0 Å². The Labute approximate surface area is 125 Å². The van der Waals surface area contributed by atoms with Gasteiger partial charge in [-0.3, -0.25) is 4.68 Å². The van der Waals surface area contributed by atoms with Crippen LogP contribution in [0.4, 0.5) is 5.82 Å². The van der Waals surface area contributed by atoms with Gasteiger partial charge in [-0.15, -0.1) is 24.0 Å². The number of rotatable bonds is 4. The summed E-state index contributed by atoms with van der Waals surface area (Å²) in [5, 5.41) is 5.50. The number of aryl methyl sites for hydroxylation is 2. The van der Waals surface area contributed by atoms with Crippen LogP contribution >= 0.6 is 24.0 Å². The van der Waals surface area contributed by atoms with E-state index in [-0.39, 0.29) is 12.4 Å². The molecule has 0 amide bonds. The second kappa shape index (κ2) is 6.44. The highest BCUT2D eigenvalue weighted by Crippen LogP contribution is 2.26. The van der Waals surface area contributed by atoms with E-state index in [1.165, 1.54) is 0 Å². The van der Waals surface area contributed by atoms with Crippen LogP contribution in [0.15, 0.2) is 6.07 Å². The Morgan fingerprint density at radius 1 is 1.32 bits per heavy atom. The van der Waals surface area contributed by atoms with E-state index in [0.717, 1.165) is 41.2 Å². The molecular formula is C13H20Cl2N4. The summed E-state index contributed by atoms with van der Waals surface area (Å²) >= 11 is 6.06. The molecule has 0 radical (unpaired) electrons. The summed E-state index contributed by atoms with van der Waals surface area (Å²) in [4.78, 5) is 6.97. The summed E-state index contributed by atoms with van der Waals surface area (Å²) in [5.41, 5.74) is 2.99. The first kappa shape index (κ1) is 16.1. The molecule has 0 atom stereocenters. The van der Waals surface area contributed by atoms with E-state index in [4.69, 9.17) is 16.6 Å². The van der Waals surface area contributed by atoms with E-state index in [0.29, 0.717) is 5.88 Å². The summed E-state index contributed by atoms with van der Waals surface area (Å²) < 4.78 is 1.83. The van der Waals surface area contributed by atoms with Crippen molar-refractivity contribution in [3.63, 3.8) is 0 Å². The molecule has 2 aromatic rings. The van der Waals surface area contributed by atoms with E-state index in [1.807, 2.05) is 18.7 Å². The van der Waals surface area contributed by atoms with Crippen LogP contribution in [-0.2, 0) is 12.9 Å². The first-order chi connectivity index (χ1) is 8.62. The molecule has 0 saturated heterocycles. The van der Waals surface area contributed by atoms with Gasteiger partial charge >= 0.3 is 0 Å². The van der Waals surface area contributed by atoms with Gasteiger partial charge in [-0.05, 0) is 26.8 Å². The Hall–Kier alpha value is -1.00. The number of fused-ring (bicyclic) bond motifs is 1. The van der Waals surface area contributed by atoms with Crippen LogP contribution in [-0.4, -0.2) is 27.9 Å². The summed E-state index contributed by atoms with van der Waals surface area (Å²) in [6.45, 7) is 8.11. The SMILES string of the molecule is CCN(CC)c1nc2c(cc1CCl)c(C)nn2C.Cl. The van der Waals surface area contributed by atoms with Gasteiger partial charge in [-0.2, -0.15) is 5.10 Å². The first-order valence-corrected chi connectivity index (χ1v) is 6.79. The lowest BCUT2D eigenvalue weighted by Gasteiger charge is -2.22. The maximum absolute atomic E-state index is 6.06. The van der Waals surface area contributed by atoms with Crippen molar-refractivity contribution in [2.24, 2.45) is 7.05 Å². The van der Waals surface area contributed by atoms with Crippen LogP contribution in [0.1, 0.15) is 25.1 Å². The molecule has 0 unspecified atom stereocenters. The molecule has 0 saturated carbocycles. The third-order valence-electron chi connectivity index (χ3n) is 3.26. The summed E-state index contributed by atoms with van der Waals surface area (Å²) in [7, 11) is 1.93. The largest absolute Gasteiger partial charge is 0.357 e. The number of pyridine rings is 1. The van der Waals surface area contributed by atoms with Crippen LogP contribution in [0.3, 0.4) is 0 Å². The Morgan fingerprint density at radius 3 is 2.47 bits per heavy atom. The smallest absolute Gasteiger partial charge is 0.160 e. The van der Waals surface area contributed by atoms with Crippen molar-refractivity contribution in [3.05, 3.63) is 17.3 Å². The molecular weight excluding hydrogens is 283 g/mol. The molecule has 0 aliphatic heterocycles. The van der Waals surface area contributed by atoms with Crippen LogP contribution in [0.25, 0.3) is 11.0 Å². The number of alkyl halides is 1. The van der Waals surface area contributed by atoms with E-state index >= 15 is 0 Å². The lowest BCUT2D eigenvalue weighted by Crippen LogP contribution is -2.24. The van der Waals surface area contributed by atoms with Crippen molar-refractivity contribution >= 4 is 40.9 Å². The minimum Gasteiger partial charge on any atom is -0.357 e. The van der Waals surface area contributed by atoms with Gasteiger partial charge in [-0.25, -0.2) is 4.98 Å². The van der Waals surface area contributed by atoms with Crippen molar-refractivity contribution in [1.29, 1.82) is 0 Å². The predicted molar refractivity (Wildman–Crippen MR) is 83.6 cm³/mol. The highest BCUT2D eigenvalue weighted by atomic mass is 35.5. The number of nitrogens with zero attached hydrogens (tertiary/aromatic N) is 4. The molecule has 19 heavy (non-hydrogen) atoms. The van der Waals surface area contributed by atoms with Gasteiger partial charge < -0.3 is 4.90 Å². The van der Waals surface area contributed by atoms with E-state index < -0.39 is 0 Å². The van der Waals surface area contributed by atoms with E-state index in [9.17, 15) is 0 Å². The Bertz CT molecular complexity index is 561. The van der Waals surface area contributed by atoms with Gasteiger partial charge in [-0.1, -0.05) is 0 Å². The fourth-order valence-corrected chi connectivity index (χ4v) is 2.47. The summed E-state index contributed by atoms with van der Waals surface area (Å²) in [6.07, 6.45) is 0. The molecule has 0 spiro atoms. The highest BCUT2D eigenvalue weighted by molar-refractivity contribution is 6.17. The van der Waals surface area contributed by atoms with Crippen LogP contribution in [0, 0.1) is 6.92 Å². The molecule has 2 aromatic heterocycles. The van der Waals surface area contributed by atoms with E-state index in [1.54, 1.807) is 0 Å². The van der Waals surface area contributed by atoms with Gasteiger partial charge in [0.1, 0.15) is 5.82 Å². The Morgan fingerprint density at radius 2 is 1.95 bits per heavy atom. The quantitative estimate of drug-likeness (QED) is 0.813. The number of hydrogen-bond donors (Lipinski definition) is 0. The van der Waals surface area contributed by atoms with Crippen LogP contribution in [0.2, 0.25) is 0 Å². The maximum Gasteiger partial charge on any atom is 0.160 e. The number of hydrogen-bond acceptors (Lipinski definition) is 3. The number of halogens is 2. The molecule has 6 heteroatoms. The Kier molecular flexibility index (Phi) is 5.44. The minimum atomic E-state index is 0. The fraction of sp³-hybridized carbons (Fsp3) is 0.538. The molecule has 0 bridgehead atoms. The average Bonchev–Trinajstić information content (AvgIpc) is 2.65. The van der Waals surface area contributed by atoms with Crippen molar-refractivity contribution in [2.45, 2.75) is 26.7 Å². The molecule has 0 aliphatic carbocycles. The van der Waals surface area contributed by atoms with Crippen molar-refractivity contribution in [1.82, 2.24) is 14.8 Å². The zero-order valence-electron chi connectivity index (χ0n) is 11.8. The number of anilines is 1. The fourth-order valence-electron chi connectivity index (χ4n) is 2.27. The lowest BCUT2D eigenvalue weighted by molar-refractivity contribution is 0.769. The third kappa shape index (κ3) is 2.79. The van der Waals surface area contributed by atoms with Crippen molar-refractivity contribution in [2.75, 3.05) is 18.0 Å². The first-order valence-electron chi connectivity index (χ1n) is 6.26. The molecule has 106 valence electrons. The van der Waals surface area contributed by atoms with Gasteiger partial charge in [0.25, 0.3) is 0 Å². The van der Waals surface area contributed by atoms with Gasteiger partial charge in [0, 0.05) is 31.1 Å². The van der Waals surface area contributed by atoms with E-state index in [2.05, 4.69) is 29.9 Å². The number of aromatic nitrogens is 3. The molecule has 0 fully saturated rings. The molecule has 0 aliphatic rings.